The van der Waals surface area contributed by atoms with Gasteiger partial charge in [-0.2, -0.15) is 0 Å². The molecule has 0 radical (unpaired) electrons. The Morgan fingerprint density at radius 3 is 3.00 bits per heavy atom. The lowest BCUT2D eigenvalue weighted by Gasteiger charge is -2.23. The summed E-state index contributed by atoms with van der Waals surface area (Å²) in [6.07, 6.45) is 3.50. The summed E-state index contributed by atoms with van der Waals surface area (Å²) < 4.78 is 4.78. The molecular formula is C12H16O3. The summed E-state index contributed by atoms with van der Waals surface area (Å²) in [5, 5.41) is 0. The molecule has 0 amide bonds. The fourth-order valence-corrected chi connectivity index (χ4v) is 2.90. The molecule has 0 saturated heterocycles. The van der Waals surface area contributed by atoms with Crippen molar-refractivity contribution in [3.05, 3.63) is 12.2 Å². The lowest BCUT2D eigenvalue weighted by Crippen LogP contribution is -2.37. The van der Waals surface area contributed by atoms with E-state index in [1.165, 1.54) is 7.11 Å². The molecule has 15 heavy (non-hydrogen) atoms. The maximum Gasteiger partial charge on any atom is 0.319 e. The molecule has 82 valence electrons. The molecule has 2 fully saturated rings. The number of hydrogen-bond donors (Lipinski definition) is 0. The molecule has 2 rings (SSSR count). The Kier molecular flexibility index (Phi) is 2.41. The van der Waals surface area contributed by atoms with Gasteiger partial charge in [-0.1, -0.05) is 12.2 Å². The highest BCUT2D eigenvalue weighted by Gasteiger charge is 2.54. The third-order valence-corrected chi connectivity index (χ3v) is 3.77. The predicted molar refractivity (Wildman–Crippen MR) is 55.2 cm³/mol. The molecule has 0 N–H and O–H groups in total. The van der Waals surface area contributed by atoms with Gasteiger partial charge in [-0.3, -0.25) is 9.59 Å². The molecule has 2 bridgehead atoms. The van der Waals surface area contributed by atoms with E-state index in [-0.39, 0.29) is 11.8 Å². The van der Waals surface area contributed by atoms with Crippen molar-refractivity contribution in [2.24, 2.45) is 11.3 Å². The third-order valence-electron chi connectivity index (χ3n) is 3.77. The van der Waals surface area contributed by atoms with Crippen LogP contribution in [0.3, 0.4) is 0 Å². The van der Waals surface area contributed by atoms with Gasteiger partial charge in [0.1, 0.15) is 5.41 Å². The Hall–Kier alpha value is -1.12. The van der Waals surface area contributed by atoms with Crippen LogP contribution in [0.1, 0.15) is 32.1 Å². The van der Waals surface area contributed by atoms with E-state index in [0.29, 0.717) is 25.2 Å². The zero-order valence-electron chi connectivity index (χ0n) is 9.04. The fourth-order valence-electron chi connectivity index (χ4n) is 2.90. The van der Waals surface area contributed by atoms with Gasteiger partial charge in [0.05, 0.1) is 7.11 Å². The third kappa shape index (κ3) is 1.41. The normalized spacial score (nSPS) is 35.1. The van der Waals surface area contributed by atoms with Crippen molar-refractivity contribution < 1.29 is 14.3 Å². The van der Waals surface area contributed by atoms with E-state index < -0.39 is 5.41 Å². The minimum Gasteiger partial charge on any atom is -0.468 e. The Bertz CT molecular complexity index is 332. The van der Waals surface area contributed by atoms with E-state index in [9.17, 15) is 9.59 Å². The van der Waals surface area contributed by atoms with Crippen molar-refractivity contribution in [1.82, 2.24) is 0 Å². The molecule has 0 aromatic rings. The molecule has 2 atom stereocenters. The summed E-state index contributed by atoms with van der Waals surface area (Å²) in [5.74, 6) is 0.0316. The number of carbonyl (C=O) groups excluding carboxylic acids is 2. The van der Waals surface area contributed by atoms with E-state index >= 15 is 0 Å². The van der Waals surface area contributed by atoms with E-state index in [4.69, 9.17) is 4.74 Å². The smallest absolute Gasteiger partial charge is 0.319 e. The van der Waals surface area contributed by atoms with E-state index in [1.807, 2.05) is 0 Å². The van der Waals surface area contributed by atoms with Crippen molar-refractivity contribution in [2.75, 3.05) is 7.11 Å². The number of hydrogen-bond acceptors (Lipinski definition) is 3. The highest BCUT2D eigenvalue weighted by Crippen LogP contribution is 2.50. The molecule has 0 spiro atoms. The standard InChI is InChI=1S/C12H16O3/c1-8-6-12(11(14)15-2)7-9(8)4-3-5-10(12)13/h9H,1,3-7H2,2H3/t9-,12-/m1/s1. The highest BCUT2D eigenvalue weighted by atomic mass is 16.5. The van der Waals surface area contributed by atoms with Crippen LogP contribution in [0, 0.1) is 11.3 Å². The summed E-state index contributed by atoms with van der Waals surface area (Å²) in [5.41, 5.74) is 0.168. The maximum atomic E-state index is 12.0. The SMILES string of the molecule is C=C1C[C@@]2(C(=O)OC)C[C@H]1CCCC2=O. The van der Waals surface area contributed by atoms with E-state index in [0.717, 1.165) is 18.4 Å². The second-order valence-electron chi connectivity index (χ2n) is 4.63. The molecule has 0 aromatic heterocycles. The van der Waals surface area contributed by atoms with Gasteiger partial charge in [0.25, 0.3) is 0 Å². The van der Waals surface area contributed by atoms with Crippen molar-refractivity contribution in [3.63, 3.8) is 0 Å². The van der Waals surface area contributed by atoms with Crippen LogP contribution in [0.2, 0.25) is 0 Å². The monoisotopic (exact) mass is 208 g/mol. The minimum atomic E-state index is -0.882. The van der Waals surface area contributed by atoms with Gasteiger partial charge < -0.3 is 4.74 Å². The second kappa shape index (κ2) is 3.47. The molecule has 2 aliphatic carbocycles. The molecule has 0 aliphatic heterocycles. The molecule has 2 saturated carbocycles. The molecule has 2 aliphatic rings. The summed E-state index contributed by atoms with van der Waals surface area (Å²) in [6.45, 7) is 3.97. The average Bonchev–Trinajstić information content (AvgIpc) is 2.46. The summed E-state index contributed by atoms with van der Waals surface area (Å²) in [7, 11) is 1.35. The maximum absolute atomic E-state index is 12.0. The van der Waals surface area contributed by atoms with Gasteiger partial charge in [-0.25, -0.2) is 0 Å². The van der Waals surface area contributed by atoms with Crippen LogP contribution < -0.4 is 0 Å². The number of esters is 1. The number of methoxy groups -OCH3 is 1. The lowest BCUT2D eigenvalue weighted by atomic mass is 9.80. The lowest BCUT2D eigenvalue weighted by molar-refractivity contribution is -0.157. The highest BCUT2D eigenvalue weighted by molar-refractivity contribution is 6.04. The van der Waals surface area contributed by atoms with E-state index in [1.54, 1.807) is 0 Å². The molecule has 3 heteroatoms. The topological polar surface area (TPSA) is 43.4 Å². The average molecular weight is 208 g/mol. The van der Waals surface area contributed by atoms with Gasteiger partial charge in [0.2, 0.25) is 0 Å². The predicted octanol–water partition coefficient (Wildman–Crippen LogP) is 1.86. The van der Waals surface area contributed by atoms with Crippen molar-refractivity contribution in [3.8, 4) is 0 Å². The molecular weight excluding hydrogens is 192 g/mol. The molecule has 3 nitrogen and oxygen atoms in total. The number of fused-ring (bicyclic) bond motifs is 2. The Morgan fingerprint density at radius 2 is 2.33 bits per heavy atom. The van der Waals surface area contributed by atoms with Crippen LogP contribution in [0.4, 0.5) is 0 Å². The Morgan fingerprint density at radius 1 is 1.60 bits per heavy atom. The van der Waals surface area contributed by atoms with Gasteiger partial charge in [-0.15, -0.1) is 0 Å². The number of rotatable bonds is 1. The number of ketones is 1. The van der Waals surface area contributed by atoms with Crippen LogP contribution in [0.15, 0.2) is 12.2 Å². The molecule has 0 heterocycles. The minimum absolute atomic E-state index is 0.0514. The Balaban J connectivity index is 2.38. The first kappa shape index (κ1) is 10.4. The first-order valence-corrected chi connectivity index (χ1v) is 5.39. The second-order valence-corrected chi connectivity index (χ2v) is 4.63. The number of carbonyl (C=O) groups is 2. The van der Waals surface area contributed by atoms with Crippen molar-refractivity contribution >= 4 is 11.8 Å². The van der Waals surface area contributed by atoms with Crippen LogP contribution in [0.5, 0.6) is 0 Å². The quantitative estimate of drug-likeness (QED) is 0.375. The summed E-state index contributed by atoms with van der Waals surface area (Å²) in [6, 6.07) is 0. The number of ether oxygens (including phenoxy) is 1. The van der Waals surface area contributed by atoms with Crippen LogP contribution in [-0.4, -0.2) is 18.9 Å². The van der Waals surface area contributed by atoms with E-state index in [2.05, 4.69) is 6.58 Å². The molecule has 0 aromatic carbocycles. The fraction of sp³-hybridized carbons (Fsp3) is 0.667. The zero-order valence-corrected chi connectivity index (χ0v) is 9.04. The number of allylic oxidation sites excluding steroid dienone is 1. The first-order valence-electron chi connectivity index (χ1n) is 5.39. The summed E-state index contributed by atoms with van der Waals surface area (Å²) >= 11 is 0. The van der Waals surface area contributed by atoms with Crippen LogP contribution >= 0.6 is 0 Å². The van der Waals surface area contributed by atoms with Gasteiger partial charge in [0, 0.05) is 6.42 Å². The largest absolute Gasteiger partial charge is 0.468 e. The van der Waals surface area contributed by atoms with Gasteiger partial charge in [0.15, 0.2) is 5.78 Å². The van der Waals surface area contributed by atoms with Gasteiger partial charge in [-0.05, 0) is 31.6 Å². The zero-order chi connectivity index (χ0) is 11.1. The Labute approximate surface area is 89.5 Å². The van der Waals surface area contributed by atoms with Crippen molar-refractivity contribution in [2.45, 2.75) is 32.1 Å². The first-order chi connectivity index (χ1) is 7.10. The van der Waals surface area contributed by atoms with Crippen molar-refractivity contribution in [1.29, 1.82) is 0 Å². The van der Waals surface area contributed by atoms with Crippen LogP contribution in [0.25, 0.3) is 0 Å². The molecule has 0 unspecified atom stereocenters. The van der Waals surface area contributed by atoms with Crippen LogP contribution in [-0.2, 0) is 14.3 Å². The number of Topliss-reactive ketones (excluding diaryl/α,β-unsaturated/α-hetero) is 1. The summed E-state index contributed by atoms with van der Waals surface area (Å²) in [4.78, 5) is 23.8. The van der Waals surface area contributed by atoms with Gasteiger partial charge >= 0.3 is 5.97 Å².